The average Bonchev–Trinajstić information content (AvgIpc) is 2.87. The molecule has 0 N–H and O–H groups in total. The molecular weight excluding hydrogens is 314 g/mol. The Labute approximate surface area is 138 Å². The molecule has 3 rings (SSSR count). The standard InChI is InChI=1S/C19H16F2O3/c1-2-23-16-9-5-7-13(18(16)24-19(20)21)11-14-10-12-6-3-4-8-15(12)17(14)22/h3-9,11,19H,2,10H2,1H3/b14-11+. The van der Waals surface area contributed by atoms with Crippen LogP contribution in [0.1, 0.15) is 28.4 Å². The third kappa shape index (κ3) is 3.15. The highest BCUT2D eigenvalue weighted by Crippen LogP contribution is 2.36. The van der Waals surface area contributed by atoms with Crippen molar-refractivity contribution in [3.63, 3.8) is 0 Å². The molecule has 24 heavy (non-hydrogen) atoms. The predicted molar refractivity (Wildman–Crippen MR) is 86.7 cm³/mol. The van der Waals surface area contributed by atoms with Gasteiger partial charge in [-0.3, -0.25) is 4.79 Å². The van der Waals surface area contributed by atoms with E-state index in [0.29, 0.717) is 29.7 Å². The molecular formula is C19H16F2O3. The van der Waals surface area contributed by atoms with Gasteiger partial charge in [0.25, 0.3) is 0 Å². The molecule has 0 heterocycles. The molecule has 0 atom stereocenters. The first-order valence-electron chi connectivity index (χ1n) is 7.64. The quantitative estimate of drug-likeness (QED) is 0.757. The number of fused-ring (bicyclic) bond motifs is 1. The van der Waals surface area contributed by atoms with Gasteiger partial charge in [-0.15, -0.1) is 0 Å². The first kappa shape index (κ1) is 16.2. The lowest BCUT2D eigenvalue weighted by Crippen LogP contribution is -2.06. The van der Waals surface area contributed by atoms with E-state index in [4.69, 9.17) is 4.74 Å². The lowest BCUT2D eigenvalue weighted by atomic mass is 10.1. The number of halogens is 2. The SMILES string of the molecule is CCOc1cccc(/C=C2\Cc3ccccc3C2=O)c1OC(F)F. The number of allylic oxidation sites excluding steroid dienone is 1. The van der Waals surface area contributed by atoms with Crippen LogP contribution in [0, 0.1) is 0 Å². The summed E-state index contributed by atoms with van der Waals surface area (Å²) in [4.78, 5) is 12.5. The number of hydrogen-bond donors (Lipinski definition) is 0. The maximum atomic E-state index is 12.8. The number of ether oxygens (including phenoxy) is 2. The van der Waals surface area contributed by atoms with E-state index in [1.807, 2.05) is 12.1 Å². The van der Waals surface area contributed by atoms with Crippen LogP contribution >= 0.6 is 0 Å². The molecule has 0 unspecified atom stereocenters. The number of para-hydroxylation sites is 1. The van der Waals surface area contributed by atoms with E-state index in [1.54, 1.807) is 43.3 Å². The highest BCUT2D eigenvalue weighted by molar-refractivity contribution is 6.15. The van der Waals surface area contributed by atoms with Crippen molar-refractivity contribution in [1.29, 1.82) is 0 Å². The molecule has 5 heteroatoms. The van der Waals surface area contributed by atoms with Gasteiger partial charge >= 0.3 is 6.61 Å². The third-order valence-electron chi connectivity index (χ3n) is 3.78. The second-order valence-electron chi connectivity index (χ2n) is 5.32. The third-order valence-corrected chi connectivity index (χ3v) is 3.78. The van der Waals surface area contributed by atoms with Crippen molar-refractivity contribution in [2.45, 2.75) is 20.0 Å². The summed E-state index contributed by atoms with van der Waals surface area (Å²) in [5.41, 5.74) is 2.54. The van der Waals surface area contributed by atoms with E-state index in [0.717, 1.165) is 5.56 Å². The summed E-state index contributed by atoms with van der Waals surface area (Å²) in [5, 5.41) is 0. The van der Waals surface area contributed by atoms with Crippen LogP contribution in [-0.4, -0.2) is 19.0 Å². The Morgan fingerprint density at radius 2 is 1.96 bits per heavy atom. The summed E-state index contributed by atoms with van der Waals surface area (Å²) < 4.78 is 35.5. The van der Waals surface area contributed by atoms with Gasteiger partial charge in [-0.2, -0.15) is 8.78 Å². The Morgan fingerprint density at radius 3 is 2.67 bits per heavy atom. The Hall–Kier alpha value is -2.69. The minimum Gasteiger partial charge on any atom is -0.490 e. The summed E-state index contributed by atoms with van der Waals surface area (Å²) in [5.74, 6) is 0.0936. The van der Waals surface area contributed by atoms with E-state index in [-0.39, 0.29) is 17.3 Å². The number of Topliss-reactive ketones (excluding diaryl/α,β-unsaturated/α-hetero) is 1. The van der Waals surface area contributed by atoms with Gasteiger partial charge in [0, 0.05) is 23.1 Å². The van der Waals surface area contributed by atoms with Gasteiger partial charge in [-0.1, -0.05) is 36.4 Å². The summed E-state index contributed by atoms with van der Waals surface area (Å²) >= 11 is 0. The van der Waals surface area contributed by atoms with E-state index >= 15 is 0 Å². The van der Waals surface area contributed by atoms with Gasteiger partial charge in [0.1, 0.15) is 0 Å². The van der Waals surface area contributed by atoms with Gasteiger partial charge in [0.05, 0.1) is 6.61 Å². The molecule has 1 aliphatic rings. The number of carbonyl (C=O) groups excluding carboxylic acids is 1. The van der Waals surface area contributed by atoms with Crippen LogP contribution in [0.3, 0.4) is 0 Å². The fourth-order valence-corrected chi connectivity index (χ4v) is 2.79. The van der Waals surface area contributed by atoms with E-state index < -0.39 is 6.61 Å². The zero-order valence-electron chi connectivity index (χ0n) is 13.1. The van der Waals surface area contributed by atoms with Crippen LogP contribution in [0.4, 0.5) is 8.78 Å². The maximum absolute atomic E-state index is 12.8. The number of hydrogen-bond acceptors (Lipinski definition) is 3. The maximum Gasteiger partial charge on any atom is 0.387 e. The number of rotatable bonds is 5. The zero-order valence-corrected chi connectivity index (χ0v) is 13.1. The minimum absolute atomic E-state index is 0.0504. The van der Waals surface area contributed by atoms with Crippen molar-refractivity contribution in [2.75, 3.05) is 6.61 Å². The molecule has 0 aromatic heterocycles. The lowest BCUT2D eigenvalue weighted by molar-refractivity contribution is -0.0515. The monoisotopic (exact) mass is 330 g/mol. The fourth-order valence-electron chi connectivity index (χ4n) is 2.79. The molecule has 0 radical (unpaired) electrons. The second kappa shape index (κ2) is 6.83. The molecule has 124 valence electrons. The highest BCUT2D eigenvalue weighted by atomic mass is 19.3. The van der Waals surface area contributed by atoms with Gasteiger partial charge in [-0.05, 0) is 24.6 Å². The van der Waals surface area contributed by atoms with Crippen molar-refractivity contribution in [3.8, 4) is 11.5 Å². The number of ketones is 1. The number of carbonyl (C=O) groups is 1. The Balaban J connectivity index is 2.01. The molecule has 0 amide bonds. The number of alkyl halides is 2. The summed E-state index contributed by atoms with van der Waals surface area (Å²) in [6.45, 7) is -0.890. The van der Waals surface area contributed by atoms with Crippen LogP contribution in [0.25, 0.3) is 6.08 Å². The topological polar surface area (TPSA) is 35.5 Å². The van der Waals surface area contributed by atoms with Crippen LogP contribution in [0.15, 0.2) is 48.0 Å². The average molecular weight is 330 g/mol. The summed E-state index contributed by atoms with van der Waals surface area (Å²) in [7, 11) is 0. The molecule has 2 aromatic rings. The molecule has 0 bridgehead atoms. The summed E-state index contributed by atoms with van der Waals surface area (Å²) in [6, 6.07) is 12.2. The van der Waals surface area contributed by atoms with Crippen molar-refractivity contribution in [3.05, 3.63) is 64.7 Å². The summed E-state index contributed by atoms with van der Waals surface area (Å²) in [6.07, 6.45) is 2.07. The Morgan fingerprint density at radius 1 is 1.17 bits per heavy atom. The van der Waals surface area contributed by atoms with Crippen molar-refractivity contribution < 1.29 is 23.0 Å². The van der Waals surface area contributed by atoms with Crippen molar-refractivity contribution in [1.82, 2.24) is 0 Å². The van der Waals surface area contributed by atoms with E-state index in [2.05, 4.69) is 4.74 Å². The first-order chi connectivity index (χ1) is 11.6. The van der Waals surface area contributed by atoms with Gasteiger partial charge < -0.3 is 9.47 Å². The molecule has 0 fully saturated rings. The molecule has 2 aromatic carbocycles. The van der Waals surface area contributed by atoms with Gasteiger partial charge in [-0.25, -0.2) is 0 Å². The van der Waals surface area contributed by atoms with Gasteiger partial charge in [0.15, 0.2) is 17.3 Å². The Kier molecular flexibility index (Phi) is 4.60. The fraction of sp³-hybridized carbons (Fsp3) is 0.211. The van der Waals surface area contributed by atoms with Gasteiger partial charge in [0.2, 0.25) is 0 Å². The smallest absolute Gasteiger partial charge is 0.387 e. The van der Waals surface area contributed by atoms with E-state index in [1.165, 1.54) is 0 Å². The molecule has 0 aliphatic heterocycles. The highest BCUT2D eigenvalue weighted by Gasteiger charge is 2.25. The molecule has 1 aliphatic carbocycles. The molecule has 3 nitrogen and oxygen atoms in total. The predicted octanol–water partition coefficient (Wildman–Crippen LogP) is 4.51. The second-order valence-corrected chi connectivity index (χ2v) is 5.32. The van der Waals surface area contributed by atoms with Crippen LogP contribution < -0.4 is 9.47 Å². The minimum atomic E-state index is -2.97. The van der Waals surface area contributed by atoms with E-state index in [9.17, 15) is 13.6 Å². The Bertz CT molecular complexity index is 797. The first-order valence-corrected chi connectivity index (χ1v) is 7.64. The number of benzene rings is 2. The molecule has 0 spiro atoms. The normalized spacial score (nSPS) is 15.0. The van der Waals surface area contributed by atoms with Crippen LogP contribution in [0.2, 0.25) is 0 Å². The van der Waals surface area contributed by atoms with Crippen molar-refractivity contribution in [2.24, 2.45) is 0 Å². The van der Waals surface area contributed by atoms with Crippen LogP contribution in [0.5, 0.6) is 11.5 Å². The zero-order chi connectivity index (χ0) is 17.1. The largest absolute Gasteiger partial charge is 0.490 e. The van der Waals surface area contributed by atoms with Crippen molar-refractivity contribution >= 4 is 11.9 Å². The molecule has 0 saturated heterocycles. The van der Waals surface area contributed by atoms with Crippen LogP contribution in [-0.2, 0) is 6.42 Å². The molecule has 0 saturated carbocycles. The lowest BCUT2D eigenvalue weighted by Gasteiger charge is -2.14.